The molecular formula is C84H118N18O22. The molecule has 0 saturated carbocycles. The van der Waals surface area contributed by atoms with Crippen molar-refractivity contribution in [1.29, 1.82) is 0 Å². The number of H-pyrrole nitrogens is 2. The molecule has 7 rings (SSSR count). The van der Waals surface area contributed by atoms with Gasteiger partial charge in [0.25, 0.3) is 0 Å². The van der Waals surface area contributed by atoms with Gasteiger partial charge in [0.1, 0.15) is 84.3 Å². The highest BCUT2D eigenvalue weighted by Crippen LogP contribution is 2.27. The van der Waals surface area contributed by atoms with Gasteiger partial charge in [-0.05, 0) is 143 Å². The Morgan fingerprint density at radius 3 is 1.28 bits per heavy atom. The van der Waals surface area contributed by atoms with E-state index in [4.69, 9.17) is 17.2 Å². The summed E-state index contributed by atoms with van der Waals surface area (Å²) in [5.41, 5.74) is 19.8. The van der Waals surface area contributed by atoms with Crippen molar-refractivity contribution < 1.29 is 107 Å². The first-order chi connectivity index (χ1) is 58.6. The summed E-state index contributed by atoms with van der Waals surface area (Å²) >= 11 is 0. The van der Waals surface area contributed by atoms with Gasteiger partial charge in [-0.3, -0.25) is 76.7 Å². The number of unbranched alkanes of at least 4 members (excludes halogenated alkanes) is 1. The molecule has 2 aliphatic heterocycles. The molecule has 0 spiro atoms. The quantitative estimate of drug-likeness (QED) is 0.0199. The molecule has 4 heterocycles. The van der Waals surface area contributed by atoms with Crippen molar-refractivity contribution in [1.82, 2.24) is 78.3 Å². The summed E-state index contributed by atoms with van der Waals surface area (Å²) in [5, 5.41) is 80.4. The first-order valence-electron chi connectivity index (χ1n) is 41.5. The number of likely N-dealkylation sites (tertiary alicyclic amines) is 2. The number of carbonyl (C=O) groups is 17. The van der Waals surface area contributed by atoms with Gasteiger partial charge in [-0.25, -0.2) is 4.79 Å². The average Bonchev–Trinajstić information content (AvgIpc) is 1.65. The van der Waals surface area contributed by atoms with Crippen LogP contribution in [0.3, 0.4) is 0 Å². The number of aromatic amines is 2. The van der Waals surface area contributed by atoms with Crippen molar-refractivity contribution >= 4 is 122 Å². The smallest absolute Gasteiger partial charge is 0.326 e. The lowest BCUT2D eigenvalue weighted by Gasteiger charge is -2.31. The number of aliphatic hydroxyl groups excluding tert-OH is 1. The van der Waals surface area contributed by atoms with Crippen LogP contribution in [0.1, 0.15) is 156 Å². The highest BCUT2D eigenvalue weighted by Gasteiger charge is 2.45. The van der Waals surface area contributed by atoms with Crippen LogP contribution in [-0.2, 0) is 101 Å². The number of para-hydroxylation sites is 2. The summed E-state index contributed by atoms with van der Waals surface area (Å²) in [6, 6.07) is -2.19. The maximum absolute atomic E-state index is 15.0. The number of aromatic nitrogens is 2. The second-order valence-electron chi connectivity index (χ2n) is 32.9. The Kier molecular flexibility index (Phi) is 37.0. The van der Waals surface area contributed by atoms with Crippen LogP contribution in [0.15, 0.2) is 85.2 Å². The lowest BCUT2D eigenvalue weighted by atomic mass is 9.98. The molecule has 2 fully saturated rings. The average molecular weight is 1730 g/mol. The molecule has 40 heteroatoms. The first kappa shape index (κ1) is 98.5. The summed E-state index contributed by atoms with van der Waals surface area (Å²) in [5.74, 6) is -19.3. The lowest BCUT2D eigenvalue weighted by molar-refractivity contribution is -0.148. The molecular weight excluding hydrogens is 1610 g/mol. The topological polar surface area (TPSA) is 640 Å². The van der Waals surface area contributed by atoms with Gasteiger partial charge in [0, 0.05) is 66.6 Å². The van der Waals surface area contributed by atoms with Crippen molar-refractivity contribution in [2.24, 2.45) is 35.0 Å². The Morgan fingerprint density at radius 1 is 0.435 bits per heavy atom. The summed E-state index contributed by atoms with van der Waals surface area (Å²) in [4.78, 5) is 245. The fourth-order valence-electron chi connectivity index (χ4n) is 15.0. The highest BCUT2D eigenvalue weighted by atomic mass is 16.4. The summed E-state index contributed by atoms with van der Waals surface area (Å²) in [6.07, 6.45) is -1.35. The van der Waals surface area contributed by atoms with Crippen LogP contribution in [0.4, 0.5) is 0 Å². The van der Waals surface area contributed by atoms with Gasteiger partial charge >= 0.3 is 17.9 Å². The van der Waals surface area contributed by atoms with E-state index >= 15 is 0 Å². The number of aliphatic hydroxyl groups is 1. The van der Waals surface area contributed by atoms with E-state index < -0.39 is 217 Å². The van der Waals surface area contributed by atoms with Gasteiger partial charge in [-0.2, -0.15) is 0 Å². The van der Waals surface area contributed by atoms with Crippen LogP contribution in [0.25, 0.3) is 21.8 Å². The Labute approximate surface area is 715 Å². The van der Waals surface area contributed by atoms with E-state index in [-0.39, 0.29) is 107 Å². The Morgan fingerprint density at radius 2 is 0.823 bits per heavy atom. The number of carbonyl (C=O) groups excluding carboxylic acids is 14. The third kappa shape index (κ3) is 29.0. The third-order valence-corrected chi connectivity index (χ3v) is 21.2. The zero-order valence-corrected chi connectivity index (χ0v) is 70.7. The molecule has 3 aromatic carbocycles. The zero-order chi connectivity index (χ0) is 91.5. The molecule has 0 unspecified atom stereocenters. The van der Waals surface area contributed by atoms with Crippen LogP contribution >= 0.6 is 0 Å². The van der Waals surface area contributed by atoms with Crippen LogP contribution < -0.4 is 75.7 Å². The van der Waals surface area contributed by atoms with Gasteiger partial charge in [0.15, 0.2) is 0 Å². The van der Waals surface area contributed by atoms with E-state index in [0.717, 1.165) is 4.90 Å². The molecule has 676 valence electrons. The van der Waals surface area contributed by atoms with Crippen molar-refractivity contribution in [3.63, 3.8) is 0 Å². The largest absolute Gasteiger partial charge is 0.508 e. The number of phenolic OH excluding ortho intramolecular Hbond substituents is 1. The minimum atomic E-state index is -1.95. The molecule has 15 atom stereocenters. The number of nitrogens with one attached hydrogen (secondary N) is 13. The second kappa shape index (κ2) is 46.6. The maximum Gasteiger partial charge on any atom is 0.326 e. The molecule has 24 N–H and O–H groups in total. The van der Waals surface area contributed by atoms with Crippen molar-refractivity contribution in [2.45, 2.75) is 249 Å². The predicted octanol–water partition coefficient (Wildman–Crippen LogP) is -1.40. The summed E-state index contributed by atoms with van der Waals surface area (Å²) in [7, 11) is 0. The number of phenols is 1. The van der Waals surface area contributed by atoms with E-state index in [2.05, 4.69) is 68.5 Å². The Balaban J connectivity index is 1.09. The minimum absolute atomic E-state index is 0.0195. The molecule has 0 bridgehead atoms. The van der Waals surface area contributed by atoms with E-state index in [1.54, 1.807) is 102 Å². The number of primary amides is 1. The van der Waals surface area contributed by atoms with Gasteiger partial charge < -0.3 is 121 Å². The van der Waals surface area contributed by atoms with Gasteiger partial charge in [-0.1, -0.05) is 90.1 Å². The number of carboxylic acids is 3. The first-order valence-corrected chi connectivity index (χ1v) is 41.5. The molecule has 0 radical (unpaired) electrons. The van der Waals surface area contributed by atoms with Crippen molar-refractivity contribution in [3.05, 3.63) is 102 Å². The van der Waals surface area contributed by atoms with Gasteiger partial charge in [0.2, 0.25) is 82.7 Å². The molecule has 14 amide bonds. The number of hydrogen-bond acceptors (Lipinski definition) is 21. The number of carboxylic acid groups (broad SMARTS) is 3. The molecule has 0 aliphatic carbocycles. The van der Waals surface area contributed by atoms with Gasteiger partial charge in [0.05, 0.1) is 31.4 Å². The fraction of sp³-hybridized carbons (Fsp3) is 0.536. The number of rotatable bonds is 48. The van der Waals surface area contributed by atoms with E-state index in [1.165, 1.54) is 43.0 Å². The summed E-state index contributed by atoms with van der Waals surface area (Å²) in [6.45, 7) is 13.0. The number of aromatic hydroxyl groups is 1. The molecule has 40 nitrogen and oxygen atoms in total. The lowest BCUT2D eigenvalue weighted by Crippen LogP contribution is -2.62. The SMILES string of the molecule is CC(C)C[C@H](NC(=O)[C@H](CCCCN)NC(=O)[C@@H](NC(=O)[C@H](CC(C)C)NC(=O)[C@@H]1CCCN1C(=O)[C@H](CC(=O)O)NC(=O)[C@H](Cc1ccc(O)cc1)NC(=O)[C@H](Cc1c[nH]c2ccccc12)NC(=O)[C@H](CC(N)=O)NC(=O)[C@H](C)N)[C@@H](C)O)C(=O)N[C@@H](Cc1c[nH]c2ccccc12)C(=O)N[C@@H](CC(C)C)C(=O)N1CCC[C@H]1C(=O)N[C@@H](CC(=O)O)C(=O)O. The van der Waals surface area contributed by atoms with E-state index in [9.17, 15) is 107 Å². The summed E-state index contributed by atoms with van der Waals surface area (Å²) < 4.78 is 0. The maximum atomic E-state index is 15.0. The van der Waals surface area contributed by atoms with Crippen LogP contribution in [0, 0.1) is 17.8 Å². The standard InChI is InChI=1S/C84H118N18O22/c1-42(2)31-56(73(112)94-60(36-49-41-89-54-20-12-10-18-52(49)54)76(115)97-62(33-44(5)6)82(121)101-29-16-23-66(101)80(119)99-64(84(123)124)39-69(108)109)92-72(111)55(21-13-14-28-85)90-81(120)70(46(8)103)100-78(117)57(32-43(3)4)96-79(118)65-22-15-30-102(65)83(122)63(38-68(106)107)98-74(113)58(34-47-24-26-50(104)27-25-47)93-75(114)59(35-48-40-88-53-19-11-9-17-51(48)53)95-77(116)61(37-67(87)105)91-71(110)45(7)86/h9-12,17-20,24-27,40-46,55-66,70,88-89,103-104H,13-16,21-23,28-39,85-86H2,1-8H3,(H2,87,105)(H,90,120)(H,91,110)(H,92,111)(H,93,114)(H,94,112)(H,95,116)(H,96,118)(H,97,115)(H,98,113)(H,99,119)(H,100,117)(H,106,107)(H,108,109)(H,123,124)/t45-,46+,55-,56-,57-,58-,59-,60-,61-,62-,63-,64-,65-,66-,70-/m0/s1. The number of amides is 14. The molecule has 2 aliphatic rings. The number of aliphatic carboxylic acids is 3. The van der Waals surface area contributed by atoms with Crippen LogP contribution in [0.5, 0.6) is 5.75 Å². The predicted molar refractivity (Wildman–Crippen MR) is 449 cm³/mol. The van der Waals surface area contributed by atoms with Crippen molar-refractivity contribution in [2.75, 3.05) is 19.6 Å². The molecule has 2 saturated heterocycles. The highest BCUT2D eigenvalue weighted by molar-refractivity contribution is 6.02. The monoisotopic (exact) mass is 1730 g/mol. The number of nitrogens with zero attached hydrogens (tertiary/aromatic N) is 2. The van der Waals surface area contributed by atoms with Crippen LogP contribution in [-0.4, -0.2) is 256 Å². The minimum Gasteiger partial charge on any atom is -0.508 e. The number of benzene rings is 3. The molecule has 2 aromatic heterocycles. The normalized spacial score (nSPS) is 17.0. The molecule has 5 aromatic rings. The second-order valence-corrected chi connectivity index (χ2v) is 32.9. The zero-order valence-electron chi connectivity index (χ0n) is 70.7. The van der Waals surface area contributed by atoms with Crippen molar-refractivity contribution in [3.8, 4) is 5.75 Å². The Bertz CT molecular complexity index is 4640. The molecule has 124 heavy (non-hydrogen) atoms. The van der Waals surface area contributed by atoms with Crippen LogP contribution in [0.2, 0.25) is 0 Å². The van der Waals surface area contributed by atoms with E-state index in [1.807, 2.05) is 0 Å². The third-order valence-electron chi connectivity index (χ3n) is 21.2. The number of nitrogens with two attached hydrogens (primary N) is 3. The number of fused-ring (bicyclic) bond motifs is 2. The van der Waals surface area contributed by atoms with Gasteiger partial charge in [-0.15, -0.1) is 0 Å². The fourth-order valence-corrected chi connectivity index (χ4v) is 15.0. The van der Waals surface area contributed by atoms with E-state index in [0.29, 0.717) is 51.3 Å². The number of hydrogen-bond donors (Lipinski definition) is 21. The Hall–Kier alpha value is -12.6.